The van der Waals surface area contributed by atoms with Crippen LogP contribution >= 0.6 is 0 Å². The summed E-state index contributed by atoms with van der Waals surface area (Å²) >= 11 is 0. The molecule has 0 aliphatic rings. The van der Waals surface area contributed by atoms with E-state index in [-0.39, 0.29) is 0 Å². The van der Waals surface area contributed by atoms with Crippen LogP contribution in [0.3, 0.4) is 0 Å². The van der Waals surface area contributed by atoms with Crippen molar-refractivity contribution >= 4 is 5.69 Å². The first-order chi connectivity index (χ1) is 8.47. The maximum atomic E-state index is 4.61. The highest BCUT2D eigenvalue weighted by Crippen LogP contribution is 2.23. The summed E-state index contributed by atoms with van der Waals surface area (Å²) in [5, 5.41) is 8.24. The van der Waals surface area contributed by atoms with Crippen molar-refractivity contribution in [2.75, 3.05) is 5.32 Å². The topological polar surface area (TPSA) is 29.9 Å². The van der Waals surface area contributed by atoms with Crippen molar-refractivity contribution in [1.29, 1.82) is 0 Å². The van der Waals surface area contributed by atoms with Gasteiger partial charge in [-0.05, 0) is 41.0 Å². The number of nitrogens with one attached hydrogen (secondary N) is 1. The number of hydrogen-bond acceptors (Lipinski definition) is 2. The number of hydrogen-bond donors (Lipinski definition) is 1. The highest BCUT2D eigenvalue weighted by molar-refractivity contribution is 5.52. The Morgan fingerprint density at radius 3 is 2.33 bits per heavy atom. The monoisotopic (exact) mass is 251 g/mol. The van der Waals surface area contributed by atoms with E-state index in [2.05, 4.69) is 56.6 Å². The molecular formula is C15H29N3. The van der Waals surface area contributed by atoms with Crippen molar-refractivity contribution in [3.63, 3.8) is 0 Å². The van der Waals surface area contributed by atoms with E-state index in [1.165, 1.54) is 37.1 Å². The van der Waals surface area contributed by atoms with Crippen LogP contribution in [-0.2, 0) is 0 Å². The first-order valence-electron chi connectivity index (χ1n) is 7.29. The Balaban J connectivity index is 2.66. The lowest BCUT2D eigenvalue weighted by atomic mass is 10.1. The molecule has 0 radical (unpaired) electrons. The number of rotatable bonds is 7. The third-order valence-electron chi connectivity index (χ3n) is 3.45. The largest absolute Gasteiger partial charge is 0.380 e. The first-order valence-corrected chi connectivity index (χ1v) is 7.29. The summed E-state index contributed by atoms with van der Waals surface area (Å²) in [4.78, 5) is 0. The normalized spacial score (nSPS) is 13.1. The van der Waals surface area contributed by atoms with Gasteiger partial charge in [0.05, 0.1) is 17.1 Å². The van der Waals surface area contributed by atoms with Gasteiger partial charge in [-0.25, -0.2) is 0 Å². The van der Waals surface area contributed by atoms with Gasteiger partial charge >= 0.3 is 0 Å². The van der Waals surface area contributed by atoms with Crippen LogP contribution in [0.25, 0.3) is 0 Å². The van der Waals surface area contributed by atoms with E-state index < -0.39 is 0 Å². The van der Waals surface area contributed by atoms with Crippen LogP contribution < -0.4 is 5.32 Å². The molecule has 1 unspecified atom stereocenters. The van der Waals surface area contributed by atoms with Crippen LogP contribution in [0, 0.1) is 13.8 Å². The zero-order valence-corrected chi connectivity index (χ0v) is 12.9. The van der Waals surface area contributed by atoms with E-state index in [9.17, 15) is 0 Å². The fraction of sp³-hybridized carbons (Fsp3) is 0.800. The van der Waals surface area contributed by atoms with Gasteiger partial charge in [-0.15, -0.1) is 0 Å². The highest BCUT2D eigenvalue weighted by atomic mass is 15.3. The molecule has 0 aromatic carbocycles. The van der Waals surface area contributed by atoms with E-state index in [0.717, 1.165) is 5.69 Å². The molecule has 1 aromatic heterocycles. The Hall–Kier alpha value is -0.990. The zero-order valence-electron chi connectivity index (χ0n) is 12.9. The molecular weight excluding hydrogens is 222 g/mol. The van der Waals surface area contributed by atoms with Crippen molar-refractivity contribution in [2.24, 2.45) is 0 Å². The number of nitrogens with zero attached hydrogens (tertiary/aromatic N) is 2. The number of aryl methyl sites for hydroxylation is 1. The van der Waals surface area contributed by atoms with Gasteiger partial charge in [0.15, 0.2) is 0 Å². The van der Waals surface area contributed by atoms with Crippen LogP contribution in [0.1, 0.15) is 70.8 Å². The molecule has 1 N–H and O–H groups in total. The van der Waals surface area contributed by atoms with Gasteiger partial charge in [0.1, 0.15) is 0 Å². The second kappa shape index (κ2) is 6.81. The van der Waals surface area contributed by atoms with Crippen molar-refractivity contribution in [2.45, 2.75) is 79.3 Å². The minimum Gasteiger partial charge on any atom is -0.380 e. The number of unbranched alkanes of at least 4 members (excludes halogenated alkanes) is 2. The Morgan fingerprint density at radius 2 is 1.83 bits per heavy atom. The zero-order chi connectivity index (χ0) is 13.7. The third kappa shape index (κ3) is 3.76. The fourth-order valence-electron chi connectivity index (χ4n) is 2.39. The maximum Gasteiger partial charge on any atom is 0.0828 e. The standard InChI is InChI=1S/C15H29N3/c1-7-8-9-10-12(4)16-15-13(5)17-18(11(2)3)14(15)6/h11-12,16H,7-10H2,1-6H3. The molecule has 0 bridgehead atoms. The predicted molar refractivity (Wildman–Crippen MR) is 79.3 cm³/mol. The van der Waals surface area contributed by atoms with E-state index in [0.29, 0.717) is 12.1 Å². The van der Waals surface area contributed by atoms with Crippen LogP contribution in [0.5, 0.6) is 0 Å². The molecule has 0 aliphatic carbocycles. The van der Waals surface area contributed by atoms with Gasteiger partial charge in [-0.1, -0.05) is 26.2 Å². The molecule has 3 nitrogen and oxygen atoms in total. The van der Waals surface area contributed by atoms with Gasteiger partial charge in [0.25, 0.3) is 0 Å². The SMILES string of the molecule is CCCCCC(C)Nc1c(C)nn(C(C)C)c1C. The second-order valence-corrected chi connectivity index (χ2v) is 5.63. The van der Waals surface area contributed by atoms with E-state index in [1.807, 2.05) is 0 Å². The van der Waals surface area contributed by atoms with Gasteiger partial charge in [-0.2, -0.15) is 5.10 Å². The summed E-state index contributed by atoms with van der Waals surface area (Å²) in [7, 11) is 0. The van der Waals surface area contributed by atoms with Crippen molar-refractivity contribution in [3.05, 3.63) is 11.4 Å². The lowest BCUT2D eigenvalue weighted by Crippen LogP contribution is -2.16. The summed E-state index contributed by atoms with van der Waals surface area (Å²) in [6.07, 6.45) is 5.16. The Labute approximate surface area is 112 Å². The minimum absolute atomic E-state index is 0.426. The van der Waals surface area contributed by atoms with Crippen LogP contribution in [0.2, 0.25) is 0 Å². The molecule has 3 heteroatoms. The quantitative estimate of drug-likeness (QED) is 0.725. The lowest BCUT2D eigenvalue weighted by molar-refractivity contribution is 0.516. The molecule has 0 saturated heterocycles. The number of aromatic nitrogens is 2. The van der Waals surface area contributed by atoms with E-state index in [1.54, 1.807) is 0 Å². The molecule has 18 heavy (non-hydrogen) atoms. The lowest BCUT2D eigenvalue weighted by Gasteiger charge is -2.16. The van der Waals surface area contributed by atoms with Crippen molar-refractivity contribution in [1.82, 2.24) is 9.78 Å². The van der Waals surface area contributed by atoms with Gasteiger partial charge in [-0.3, -0.25) is 4.68 Å². The van der Waals surface area contributed by atoms with Gasteiger partial charge < -0.3 is 5.32 Å². The molecule has 1 atom stereocenters. The molecule has 0 spiro atoms. The fourth-order valence-corrected chi connectivity index (χ4v) is 2.39. The average Bonchev–Trinajstić information content (AvgIpc) is 2.57. The smallest absolute Gasteiger partial charge is 0.0828 e. The highest BCUT2D eigenvalue weighted by Gasteiger charge is 2.14. The third-order valence-corrected chi connectivity index (χ3v) is 3.45. The molecule has 104 valence electrons. The van der Waals surface area contributed by atoms with Crippen LogP contribution in [0.4, 0.5) is 5.69 Å². The molecule has 0 fully saturated rings. The summed E-state index contributed by atoms with van der Waals surface area (Å²) in [5.74, 6) is 0. The Kier molecular flexibility index (Phi) is 5.70. The van der Waals surface area contributed by atoms with E-state index >= 15 is 0 Å². The van der Waals surface area contributed by atoms with Crippen molar-refractivity contribution in [3.8, 4) is 0 Å². The molecule has 1 rings (SSSR count). The van der Waals surface area contributed by atoms with Crippen LogP contribution in [-0.4, -0.2) is 15.8 Å². The maximum absolute atomic E-state index is 4.61. The molecule has 1 aromatic rings. The number of anilines is 1. The summed E-state index contributed by atoms with van der Waals surface area (Å²) in [6.45, 7) is 13.1. The summed E-state index contributed by atoms with van der Waals surface area (Å²) < 4.78 is 2.11. The Bertz CT molecular complexity index is 366. The first kappa shape index (κ1) is 15.1. The summed E-state index contributed by atoms with van der Waals surface area (Å²) in [6, 6.07) is 0.952. The molecule has 0 saturated carbocycles. The van der Waals surface area contributed by atoms with E-state index in [4.69, 9.17) is 0 Å². The van der Waals surface area contributed by atoms with Crippen LogP contribution in [0.15, 0.2) is 0 Å². The Morgan fingerprint density at radius 1 is 1.17 bits per heavy atom. The molecule has 1 heterocycles. The second-order valence-electron chi connectivity index (χ2n) is 5.63. The minimum atomic E-state index is 0.426. The van der Waals surface area contributed by atoms with Gasteiger partial charge in [0, 0.05) is 12.1 Å². The average molecular weight is 251 g/mol. The predicted octanol–water partition coefficient (Wildman–Crippen LogP) is 4.46. The summed E-state index contributed by atoms with van der Waals surface area (Å²) in [5.41, 5.74) is 3.60. The van der Waals surface area contributed by atoms with Gasteiger partial charge in [0.2, 0.25) is 0 Å². The molecule has 0 aliphatic heterocycles. The van der Waals surface area contributed by atoms with Crippen molar-refractivity contribution < 1.29 is 0 Å². The molecule has 0 amide bonds.